The highest BCUT2D eigenvalue weighted by Gasteiger charge is 1.76. The zero-order chi connectivity index (χ0) is 7.82. The van der Waals surface area contributed by atoms with E-state index in [1.807, 2.05) is 36.4 Å². The molecule has 0 saturated carbocycles. The molecule has 0 aliphatic carbocycles. The van der Waals surface area contributed by atoms with Crippen LogP contribution in [0, 0.1) is 0 Å². The quantitative estimate of drug-likeness (QED) is 0.476. The number of halogens is 2. The third-order valence-electron chi connectivity index (χ3n) is 0.667. The normalized spacial score (nSPS) is 8.40. The summed E-state index contributed by atoms with van der Waals surface area (Å²) >= 11 is 13.3. The Morgan fingerprint density at radius 3 is 1.00 bits per heavy atom. The first-order valence-electron chi connectivity index (χ1n) is 2.69. The molecule has 56 valence electrons. The first-order chi connectivity index (χ1) is 4.73. The molecule has 10 heavy (non-hydrogen) atoms. The lowest BCUT2D eigenvalue weighted by molar-refractivity contribution is 1.72. The average molecular weight is 195 g/mol. The van der Waals surface area contributed by atoms with Crippen LogP contribution in [0.25, 0.3) is 0 Å². The van der Waals surface area contributed by atoms with Gasteiger partial charge in [-0.1, -0.05) is 59.6 Å². The smallest absolute Gasteiger partial charge is 0.144 e. The van der Waals surface area contributed by atoms with Crippen molar-refractivity contribution in [2.45, 2.75) is 4.17 Å². The summed E-state index contributed by atoms with van der Waals surface area (Å²) in [6, 6.07) is 12.0. The summed E-state index contributed by atoms with van der Waals surface area (Å²) in [5, 5.41) is 0. The van der Waals surface area contributed by atoms with Crippen LogP contribution < -0.4 is 0 Å². The van der Waals surface area contributed by atoms with E-state index in [9.17, 15) is 0 Å². The van der Waals surface area contributed by atoms with Gasteiger partial charge in [-0.15, -0.1) is 12.6 Å². The monoisotopic (exact) mass is 194 g/mol. The number of hydrogen-bond donors (Lipinski definition) is 1. The van der Waals surface area contributed by atoms with Crippen molar-refractivity contribution in [2.75, 3.05) is 0 Å². The molecule has 1 aromatic carbocycles. The van der Waals surface area contributed by atoms with Gasteiger partial charge in [-0.25, -0.2) is 0 Å². The van der Waals surface area contributed by atoms with Crippen LogP contribution in [0.1, 0.15) is 0 Å². The van der Waals surface area contributed by atoms with Crippen molar-refractivity contribution in [1.29, 1.82) is 0 Å². The van der Waals surface area contributed by atoms with E-state index >= 15 is 0 Å². The topological polar surface area (TPSA) is 0 Å². The number of benzene rings is 1. The second-order valence-electron chi connectivity index (χ2n) is 1.43. The van der Waals surface area contributed by atoms with Crippen LogP contribution in [0.3, 0.4) is 0 Å². The number of hydrogen-bond acceptors (Lipinski definition) is 1. The minimum absolute atomic E-state index is 0.528. The van der Waals surface area contributed by atoms with Gasteiger partial charge < -0.3 is 0 Å². The molecule has 0 bridgehead atoms. The van der Waals surface area contributed by atoms with Gasteiger partial charge >= 0.3 is 0 Å². The highest BCUT2D eigenvalue weighted by atomic mass is 35.5. The zero-order valence-electron chi connectivity index (χ0n) is 5.24. The molecule has 0 aliphatic heterocycles. The predicted molar refractivity (Wildman–Crippen MR) is 50.9 cm³/mol. The Balaban J connectivity index is 0.000000180. The third-order valence-corrected chi connectivity index (χ3v) is 0.667. The van der Waals surface area contributed by atoms with E-state index < -0.39 is 4.17 Å². The summed E-state index contributed by atoms with van der Waals surface area (Å²) in [4.78, 5) is 0. The molecule has 0 aromatic heterocycles. The molecule has 0 N–H and O–H groups in total. The SMILES string of the molecule is SC(Cl)Cl.c1ccccc1. The van der Waals surface area contributed by atoms with Crippen molar-refractivity contribution in [1.82, 2.24) is 0 Å². The lowest BCUT2D eigenvalue weighted by Crippen LogP contribution is -1.55. The number of alkyl halides is 2. The first-order valence-corrected chi connectivity index (χ1v) is 4.08. The fourth-order valence-electron chi connectivity index (χ4n) is 0.385. The second kappa shape index (κ2) is 7.26. The van der Waals surface area contributed by atoms with E-state index in [0.717, 1.165) is 0 Å². The Bertz CT molecular complexity index is 112. The van der Waals surface area contributed by atoms with Crippen molar-refractivity contribution in [3.63, 3.8) is 0 Å². The molecule has 0 radical (unpaired) electrons. The molecule has 0 saturated heterocycles. The summed E-state index contributed by atoms with van der Waals surface area (Å²) in [6.07, 6.45) is 0. The predicted octanol–water partition coefficient (Wildman–Crippen LogP) is 3.36. The highest BCUT2D eigenvalue weighted by molar-refractivity contribution is 7.84. The number of thiol groups is 1. The standard InChI is InChI=1S/C6H6.CH2Cl2S/c1-2-4-6-5-3-1;2-1(3)4/h1-6H;1,4H. The van der Waals surface area contributed by atoms with Gasteiger partial charge in [-0.3, -0.25) is 0 Å². The molecule has 0 atom stereocenters. The molecule has 0 spiro atoms. The lowest BCUT2D eigenvalue weighted by atomic mass is 10.4. The summed E-state index contributed by atoms with van der Waals surface area (Å²) < 4.78 is -0.528. The maximum atomic E-state index is 4.90. The van der Waals surface area contributed by atoms with E-state index in [-0.39, 0.29) is 0 Å². The molecule has 1 aromatic rings. The van der Waals surface area contributed by atoms with Crippen molar-refractivity contribution < 1.29 is 0 Å². The second-order valence-corrected chi connectivity index (χ2v) is 3.65. The van der Waals surface area contributed by atoms with Gasteiger partial charge in [-0.05, 0) is 0 Å². The van der Waals surface area contributed by atoms with Crippen molar-refractivity contribution >= 4 is 35.8 Å². The number of rotatable bonds is 0. The Labute approximate surface area is 76.6 Å². The average Bonchev–Trinajstić information content (AvgIpc) is 1.90. The van der Waals surface area contributed by atoms with E-state index in [4.69, 9.17) is 23.2 Å². The van der Waals surface area contributed by atoms with Crippen LogP contribution in [-0.2, 0) is 0 Å². The van der Waals surface area contributed by atoms with Gasteiger partial charge in [0.2, 0.25) is 0 Å². The van der Waals surface area contributed by atoms with E-state index in [1.54, 1.807) is 0 Å². The molecular formula is C7H8Cl2S. The summed E-state index contributed by atoms with van der Waals surface area (Å²) in [5.74, 6) is 0. The van der Waals surface area contributed by atoms with Gasteiger partial charge in [0.25, 0.3) is 0 Å². The Morgan fingerprint density at radius 2 is 0.900 bits per heavy atom. The van der Waals surface area contributed by atoms with E-state index in [0.29, 0.717) is 0 Å². The van der Waals surface area contributed by atoms with Crippen LogP contribution in [0.5, 0.6) is 0 Å². The lowest BCUT2D eigenvalue weighted by Gasteiger charge is -1.72. The van der Waals surface area contributed by atoms with E-state index in [1.165, 1.54) is 0 Å². The molecule has 3 heteroatoms. The maximum Gasteiger partial charge on any atom is 0.150 e. The van der Waals surface area contributed by atoms with Crippen LogP contribution in [0.4, 0.5) is 0 Å². The van der Waals surface area contributed by atoms with Crippen LogP contribution in [-0.4, -0.2) is 4.17 Å². The maximum absolute atomic E-state index is 4.90. The minimum Gasteiger partial charge on any atom is -0.144 e. The Hall–Kier alpha value is 0.150. The van der Waals surface area contributed by atoms with Crippen molar-refractivity contribution in [3.8, 4) is 0 Å². The van der Waals surface area contributed by atoms with Gasteiger partial charge in [0.05, 0.1) is 0 Å². The molecule has 0 unspecified atom stereocenters. The molecular weight excluding hydrogens is 187 g/mol. The summed E-state index contributed by atoms with van der Waals surface area (Å²) in [6.45, 7) is 0. The van der Waals surface area contributed by atoms with Gasteiger partial charge in [0.1, 0.15) is 4.17 Å². The Morgan fingerprint density at radius 1 is 0.800 bits per heavy atom. The van der Waals surface area contributed by atoms with Crippen LogP contribution in [0.15, 0.2) is 36.4 Å². The van der Waals surface area contributed by atoms with Gasteiger partial charge in [0, 0.05) is 0 Å². The summed E-state index contributed by atoms with van der Waals surface area (Å²) in [7, 11) is 0. The molecule has 0 amide bonds. The van der Waals surface area contributed by atoms with E-state index in [2.05, 4.69) is 12.6 Å². The molecule has 0 aliphatic rings. The fourth-order valence-corrected chi connectivity index (χ4v) is 0.385. The Kier molecular flexibility index (Phi) is 7.37. The van der Waals surface area contributed by atoms with Crippen molar-refractivity contribution in [2.24, 2.45) is 0 Å². The molecule has 0 fully saturated rings. The largest absolute Gasteiger partial charge is 0.150 e. The highest BCUT2D eigenvalue weighted by Crippen LogP contribution is 2.02. The zero-order valence-corrected chi connectivity index (χ0v) is 7.65. The first kappa shape index (κ1) is 10.2. The fraction of sp³-hybridized carbons (Fsp3) is 0.143. The molecule has 0 nitrogen and oxygen atoms in total. The minimum atomic E-state index is -0.528. The van der Waals surface area contributed by atoms with Gasteiger partial charge in [-0.2, -0.15) is 0 Å². The molecule has 0 heterocycles. The molecule has 1 rings (SSSR count). The van der Waals surface area contributed by atoms with Gasteiger partial charge in [0.15, 0.2) is 0 Å². The summed E-state index contributed by atoms with van der Waals surface area (Å²) in [5.41, 5.74) is 0. The van der Waals surface area contributed by atoms with Crippen molar-refractivity contribution in [3.05, 3.63) is 36.4 Å². The third kappa shape index (κ3) is 11.0. The van der Waals surface area contributed by atoms with Crippen LogP contribution in [0.2, 0.25) is 0 Å². The van der Waals surface area contributed by atoms with Crippen LogP contribution >= 0.6 is 35.8 Å².